The molecule has 6 aromatic carbocycles. The molecule has 0 bridgehead atoms. The number of Topliss-reactive ketones (excluding diaryl/α,β-unsaturated/α-hetero) is 1. The van der Waals surface area contributed by atoms with Crippen LogP contribution in [0, 0.1) is 5.92 Å². The van der Waals surface area contributed by atoms with Gasteiger partial charge in [-0.1, -0.05) is 0 Å². The number of carbonyl (C=O) groups is 1. The molecule has 1 radical (unpaired) electrons. The van der Waals surface area contributed by atoms with Crippen LogP contribution >= 0.6 is 0 Å². The first-order valence-electron chi connectivity index (χ1n) is 16.9. The molecule has 1 atom stereocenters. The van der Waals surface area contributed by atoms with Gasteiger partial charge in [-0.3, -0.25) is 0 Å². The molecule has 8 aromatic rings. The molecule has 2 aliphatic carbocycles. The van der Waals surface area contributed by atoms with E-state index < -0.39 is 20.5 Å². The Balaban J connectivity index is 1.20. The Bertz CT molecular complexity index is 2750. The normalized spacial score (nSPS) is 16.6. The number of ketones is 1. The number of carbonyl (C=O) groups excluding carboxylic acids is 1. The average Bonchev–Trinajstić information content (AvgIpc) is 3.66. The topological polar surface area (TPSA) is 26.9 Å². The fourth-order valence-electron chi connectivity index (χ4n) is 8.53. The quantitative estimate of drug-likeness (QED) is 0.163. The zero-order chi connectivity index (χ0) is 32.2. The SMILES string of the molecule is O=C1c2cc3c(cc2[Te]=C2C=C(n4c5ccccc5c5ccccc54)C(n4c5ccccc5c5ccccc54)=CC12)Cc1ccccc1C3. The molecule has 1 unspecified atom stereocenters. The minimum absolute atomic E-state index is 0.235. The van der Waals surface area contributed by atoms with Crippen LogP contribution in [0.3, 0.4) is 0 Å². The molecule has 0 amide bonds. The van der Waals surface area contributed by atoms with Gasteiger partial charge in [0.15, 0.2) is 0 Å². The molecule has 3 heterocycles. The zero-order valence-electron chi connectivity index (χ0n) is 26.6. The molecule has 1 aliphatic heterocycles. The van der Waals surface area contributed by atoms with E-state index in [1.54, 1.807) is 0 Å². The van der Waals surface area contributed by atoms with Crippen molar-refractivity contribution in [3.8, 4) is 0 Å². The van der Waals surface area contributed by atoms with E-state index >= 15 is 0 Å². The summed E-state index contributed by atoms with van der Waals surface area (Å²) in [5, 5.41) is 4.91. The minimum atomic E-state index is -0.809. The van der Waals surface area contributed by atoms with Gasteiger partial charge in [-0.2, -0.15) is 0 Å². The third kappa shape index (κ3) is 3.96. The predicted octanol–water partition coefficient (Wildman–Crippen LogP) is 8.81. The Morgan fingerprint density at radius 2 is 0.959 bits per heavy atom. The Kier molecular flexibility index (Phi) is 5.85. The summed E-state index contributed by atoms with van der Waals surface area (Å²) in [6.45, 7) is 0. The monoisotopic (exact) mass is 743 g/mol. The van der Waals surface area contributed by atoms with Crippen molar-refractivity contribution in [1.29, 1.82) is 0 Å². The number of hydrogen-bond acceptors (Lipinski definition) is 1. The van der Waals surface area contributed by atoms with Crippen LogP contribution in [-0.2, 0) is 12.8 Å². The van der Waals surface area contributed by atoms with Gasteiger partial charge in [-0.05, 0) is 0 Å². The molecular formula is C45H29N2OTe. The second kappa shape index (κ2) is 10.4. The number of allylic oxidation sites excluding steroid dienone is 4. The summed E-state index contributed by atoms with van der Waals surface area (Å²) >= 11 is -0.809. The standard InChI is InChI=1S/C45H29N2OTe/c48-45-35-23-29-21-27-11-1-2-12-28(27)22-30(29)24-43(35)49-44-26-42(47-39-19-9-5-15-33(39)34-16-6-10-20-40(34)47)41(25-36(44)45)46-37-17-7-3-13-31(37)32-14-4-8-18-38(32)46/h1-20,23-26,36H,21-22H2. The van der Waals surface area contributed by atoms with Gasteiger partial charge in [0.05, 0.1) is 0 Å². The van der Waals surface area contributed by atoms with Gasteiger partial charge >= 0.3 is 295 Å². The zero-order valence-corrected chi connectivity index (χ0v) is 28.9. The summed E-state index contributed by atoms with van der Waals surface area (Å²) < 4.78 is 7.43. The van der Waals surface area contributed by atoms with Gasteiger partial charge in [-0.25, -0.2) is 0 Å². The molecule has 3 aliphatic rings. The van der Waals surface area contributed by atoms with Crippen molar-refractivity contribution in [1.82, 2.24) is 9.13 Å². The number of nitrogens with zero attached hydrogens (tertiary/aromatic N) is 2. The van der Waals surface area contributed by atoms with Crippen molar-refractivity contribution in [2.24, 2.45) is 5.92 Å². The van der Waals surface area contributed by atoms with E-state index in [0.29, 0.717) is 0 Å². The average molecular weight is 741 g/mol. The molecule has 49 heavy (non-hydrogen) atoms. The van der Waals surface area contributed by atoms with E-state index in [9.17, 15) is 4.79 Å². The van der Waals surface area contributed by atoms with Crippen molar-refractivity contribution in [2.75, 3.05) is 0 Å². The summed E-state index contributed by atoms with van der Waals surface area (Å²) in [5.41, 5.74) is 13.3. The molecule has 0 saturated carbocycles. The Morgan fingerprint density at radius 3 is 1.49 bits per heavy atom. The second-order valence-electron chi connectivity index (χ2n) is 13.4. The summed E-state index contributed by atoms with van der Waals surface area (Å²) in [4.78, 5) is 14.8. The van der Waals surface area contributed by atoms with E-state index in [1.807, 2.05) is 0 Å². The number of aromatic nitrogens is 2. The number of rotatable bonds is 2. The van der Waals surface area contributed by atoms with E-state index in [-0.39, 0.29) is 11.7 Å². The third-order valence-electron chi connectivity index (χ3n) is 10.8. The van der Waals surface area contributed by atoms with E-state index in [2.05, 4.69) is 155 Å². The number of hydrogen-bond donors (Lipinski definition) is 0. The summed E-state index contributed by atoms with van der Waals surface area (Å²) in [6.07, 6.45) is 6.55. The van der Waals surface area contributed by atoms with Gasteiger partial charge in [0.1, 0.15) is 0 Å². The molecular weight excluding hydrogens is 712 g/mol. The summed E-state index contributed by atoms with van der Waals surface area (Å²) in [6, 6.07) is 48.2. The molecule has 0 saturated heterocycles. The second-order valence-corrected chi connectivity index (χ2v) is 16.6. The van der Waals surface area contributed by atoms with Gasteiger partial charge < -0.3 is 0 Å². The first-order valence-corrected chi connectivity index (χ1v) is 19.3. The fraction of sp³-hybridized carbons (Fsp3) is 0.0667. The molecule has 11 rings (SSSR count). The van der Waals surface area contributed by atoms with Crippen LogP contribution in [0.5, 0.6) is 0 Å². The van der Waals surface area contributed by atoms with Gasteiger partial charge in [-0.15, -0.1) is 0 Å². The molecule has 3 nitrogen and oxygen atoms in total. The third-order valence-corrected chi connectivity index (χ3v) is 14.1. The van der Waals surface area contributed by atoms with Crippen LogP contribution in [0.25, 0.3) is 55.0 Å². The van der Waals surface area contributed by atoms with Crippen molar-refractivity contribution >= 4 is 88.4 Å². The van der Waals surface area contributed by atoms with Crippen LogP contribution in [0.1, 0.15) is 32.6 Å². The van der Waals surface area contributed by atoms with Crippen molar-refractivity contribution in [3.63, 3.8) is 0 Å². The van der Waals surface area contributed by atoms with E-state index in [1.165, 1.54) is 62.0 Å². The Labute approximate surface area is 293 Å². The van der Waals surface area contributed by atoms with Crippen molar-refractivity contribution in [2.45, 2.75) is 12.8 Å². The van der Waals surface area contributed by atoms with Gasteiger partial charge in [0.2, 0.25) is 0 Å². The Morgan fingerprint density at radius 1 is 0.510 bits per heavy atom. The fourth-order valence-corrected chi connectivity index (χ4v) is 12.0. The summed E-state index contributed by atoms with van der Waals surface area (Å²) in [5.74, 6) is -0.0330. The van der Waals surface area contributed by atoms with Crippen LogP contribution in [0.15, 0.2) is 146 Å². The molecule has 0 spiro atoms. The first-order chi connectivity index (χ1) is 24.2. The van der Waals surface area contributed by atoms with Crippen LogP contribution in [0.2, 0.25) is 0 Å². The van der Waals surface area contributed by atoms with Crippen molar-refractivity contribution < 1.29 is 4.79 Å². The maximum absolute atomic E-state index is 14.8. The van der Waals surface area contributed by atoms with Crippen LogP contribution in [0.4, 0.5) is 0 Å². The molecule has 4 heteroatoms. The van der Waals surface area contributed by atoms with Crippen molar-refractivity contribution in [3.05, 3.63) is 173 Å². The van der Waals surface area contributed by atoms with Gasteiger partial charge in [0, 0.05) is 0 Å². The molecule has 2 aromatic heterocycles. The molecule has 231 valence electrons. The van der Waals surface area contributed by atoms with Gasteiger partial charge in [0.25, 0.3) is 0 Å². The number of fused-ring (bicyclic) bond motifs is 10. The first kappa shape index (κ1) is 27.7. The predicted molar refractivity (Wildman–Crippen MR) is 204 cm³/mol. The molecule has 0 fully saturated rings. The molecule has 0 N–H and O–H groups in total. The number of para-hydroxylation sites is 4. The van der Waals surface area contributed by atoms with E-state index in [0.717, 1.165) is 40.8 Å². The summed E-state index contributed by atoms with van der Waals surface area (Å²) in [7, 11) is 0. The maximum atomic E-state index is 14.8. The number of benzene rings is 6. The Hall–Kier alpha value is -5.27. The van der Waals surface area contributed by atoms with Crippen LogP contribution < -0.4 is 3.61 Å². The van der Waals surface area contributed by atoms with Crippen LogP contribution in [-0.4, -0.2) is 38.9 Å². The van der Waals surface area contributed by atoms with E-state index in [4.69, 9.17) is 0 Å².